The zero-order valence-corrected chi connectivity index (χ0v) is 68.4. The Hall–Kier alpha value is -12.6. The van der Waals surface area contributed by atoms with Crippen LogP contribution in [0.5, 0.6) is 0 Å². The maximum Gasteiger partial charge on any atom is 0.326 e. The van der Waals surface area contributed by atoms with E-state index in [0.717, 1.165) is 0 Å². The van der Waals surface area contributed by atoms with Crippen molar-refractivity contribution in [3.63, 3.8) is 0 Å². The highest BCUT2D eigenvalue weighted by Gasteiger charge is 2.39. The molecule has 18 amide bonds. The third-order valence-corrected chi connectivity index (χ3v) is 18.1. The van der Waals surface area contributed by atoms with Crippen molar-refractivity contribution in [3.8, 4) is 0 Å². The van der Waals surface area contributed by atoms with E-state index in [-0.39, 0.29) is 95.1 Å². The molecule has 0 spiro atoms. The lowest BCUT2D eigenvalue weighted by atomic mass is 9.94. The third kappa shape index (κ3) is 43.2. The van der Waals surface area contributed by atoms with E-state index in [0.29, 0.717) is 0 Å². The number of amides is 18. The van der Waals surface area contributed by atoms with Crippen LogP contribution in [-0.4, -0.2) is 263 Å². The Balaban J connectivity index is 6.70. The van der Waals surface area contributed by atoms with Crippen LogP contribution in [0.4, 0.5) is 0 Å². The topological polar surface area (TPSA) is 832 Å². The summed E-state index contributed by atoms with van der Waals surface area (Å²) in [6, 6.07) is -21.1. The zero-order valence-electron chi connectivity index (χ0n) is 68.4. The lowest BCUT2D eigenvalue weighted by Gasteiger charge is -2.30. The molecule has 0 heterocycles. The molecule has 34 N–H and O–H groups in total. The molecule has 0 aliphatic rings. The maximum atomic E-state index is 14.3. The average Bonchev–Trinajstić information content (AvgIpc) is 0.851. The van der Waals surface area contributed by atoms with Gasteiger partial charge in [0.15, 0.2) is 11.9 Å². The number of aliphatic carboxylic acids is 3. The second-order valence-corrected chi connectivity index (χ2v) is 28.6. The van der Waals surface area contributed by atoms with E-state index in [9.17, 15) is 116 Å². The van der Waals surface area contributed by atoms with Gasteiger partial charge in [0.1, 0.15) is 78.5 Å². The van der Waals surface area contributed by atoms with E-state index in [1.807, 2.05) is 5.32 Å². The SMILES string of the molecule is CC[C@H](C)[C@H](NC(=O)[C@H](C)NC(=O)[C@H](CC(C)C)NC(=O)[C@H](CCC(N)=O)NC(=O)[C@H](CCCN=C(N)N)NC(=O)CNC(=O)[C@H](C)NC(=O)[C@H](CCC(N)=O)NC(=O)CN)C(=O)N[C@H](C(=O)NCC(=O)N[C@@H](CC(=O)O)C(=O)N[C@@H](CC(=O)O)C(=O)N[C@H](C(=O)N[C@@H](CC(N)=O)C(=O)N[C@@H](CCCN=C(N)N)C(=O)O)[C@@H](C)CC)[C@@H](C)CC. The van der Waals surface area contributed by atoms with Crippen molar-refractivity contribution < 1.29 is 116 Å². The van der Waals surface area contributed by atoms with E-state index < -0.39 is 272 Å². The van der Waals surface area contributed by atoms with Crippen LogP contribution in [0.1, 0.15) is 166 Å². The van der Waals surface area contributed by atoms with Gasteiger partial charge in [-0.05, 0) is 82.5 Å². The Morgan fingerprint density at radius 2 is 0.630 bits per heavy atom. The van der Waals surface area contributed by atoms with E-state index >= 15 is 0 Å². The molecule has 0 aromatic carbocycles. The maximum absolute atomic E-state index is 14.3. The van der Waals surface area contributed by atoms with Crippen molar-refractivity contribution in [2.75, 3.05) is 32.7 Å². The number of carboxylic acid groups (broad SMARTS) is 3. The van der Waals surface area contributed by atoms with Crippen molar-refractivity contribution in [2.24, 2.45) is 79.5 Å². The molecule has 0 aromatic heterocycles. The van der Waals surface area contributed by atoms with Crippen molar-refractivity contribution in [1.82, 2.24) is 79.8 Å². The smallest absolute Gasteiger partial charge is 0.326 e. The predicted octanol–water partition coefficient (Wildman–Crippen LogP) is -10.7. The highest BCUT2D eigenvalue weighted by atomic mass is 16.4. The monoisotopic (exact) mass is 1700 g/mol. The number of nitrogens with zero attached hydrogens (tertiary/aromatic N) is 2. The first kappa shape index (κ1) is 106. The Bertz CT molecular complexity index is 3630. The van der Waals surface area contributed by atoms with Crippen LogP contribution in [0.3, 0.4) is 0 Å². The highest BCUT2D eigenvalue weighted by molar-refractivity contribution is 6.02. The molecule has 0 aliphatic carbocycles. The first-order valence-corrected chi connectivity index (χ1v) is 38.3. The van der Waals surface area contributed by atoms with Gasteiger partial charge in [-0.1, -0.05) is 74.7 Å². The largest absolute Gasteiger partial charge is 0.481 e. The number of nitrogens with two attached hydrogens (primary N) is 8. The fourth-order valence-electron chi connectivity index (χ4n) is 10.9. The normalized spacial score (nSPS) is 14.9. The number of aliphatic imine (C=N–C) groups is 2. The average molecular weight is 1700 g/mol. The van der Waals surface area contributed by atoms with Crippen LogP contribution >= 0.6 is 0 Å². The van der Waals surface area contributed by atoms with Crippen molar-refractivity contribution in [2.45, 2.75) is 244 Å². The first-order chi connectivity index (χ1) is 55.5. The second-order valence-electron chi connectivity index (χ2n) is 28.6. The fourth-order valence-corrected chi connectivity index (χ4v) is 10.9. The fraction of sp³-hybridized carbons (Fsp3) is 0.671. The van der Waals surface area contributed by atoms with E-state index in [1.165, 1.54) is 27.7 Å². The molecule has 0 unspecified atom stereocenters. The molecule has 0 saturated carbocycles. The van der Waals surface area contributed by atoms with Gasteiger partial charge in [-0.25, -0.2) is 4.79 Å². The highest BCUT2D eigenvalue weighted by Crippen LogP contribution is 2.16. The quantitative estimate of drug-likeness (QED) is 0.0153. The molecule has 16 atom stereocenters. The number of carbonyl (C=O) groups excluding carboxylic acids is 18. The molecule has 0 fully saturated rings. The third-order valence-electron chi connectivity index (χ3n) is 18.1. The molecule has 670 valence electrons. The number of hydrogen-bond acceptors (Lipinski definition) is 24. The molecule has 0 aromatic rings. The summed E-state index contributed by atoms with van der Waals surface area (Å²) in [5.74, 6) is -27.0. The lowest BCUT2D eigenvalue weighted by Crippen LogP contribution is -2.61. The molecule has 49 heteroatoms. The molecule has 0 radical (unpaired) electrons. The van der Waals surface area contributed by atoms with Crippen LogP contribution < -0.4 is 126 Å². The Morgan fingerprint density at radius 3 is 1.05 bits per heavy atom. The predicted molar refractivity (Wildman–Crippen MR) is 422 cm³/mol. The number of hydrogen-bond donors (Lipinski definition) is 26. The summed E-state index contributed by atoms with van der Waals surface area (Å²) in [6.07, 6.45) is -4.81. The van der Waals surface area contributed by atoms with E-state index in [4.69, 9.17) is 45.9 Å². The molecule has 0 bridgehead atoms. The minimum absolute atomic E-state index is 0.0285. The van der Waals surface area contributed by atoms with Crippen molar-refractivity contribution in [3.05, 3.63) is 0 Å². The molecule has 49 nitrogen and oxygen atoms in total. The lowest BCUT2D eigenvalue weighted by molar-refractivity contribution is -0.143. The van der Waals surface area contributed by atoms with Gasteiger partial charge in [-0.15, -0.1) is 0 Å². The van der Waals surface area contributed by atoms with E-state index in [2.05, 4.69) is 84.4 Å². The van der Waals surface area contributed by atoms with Crippen LogP contribution in [0.2, 0.25) is 0 Å². The second kappa shape index (κ2) is 55.1. The number of primary amides is 3. The summed E-state index contributed by atoms with van der Waals surface area (Å²) in [5, 5.41) is 64.4. The standard InChI is InChI=1S/C70H121N25O24/c1-11-32(6)53(65(115)82-30-50(101)87-43(26-51(102)103)63(113)91-44(27-52(104)105)64(114)94-54(33(7)12-2)66(116)92-42(25-47(74)98)62(112)89-40(68(118)119)17-15-23-80-70(77)78)95-67(117)55(34(8)13-3)93-57(107)36(10)84-61(111)41(24-31(4)5)90-60(110)39(19-21-46(73)97)88-59(109)37(16-14-22-79-69(75)76)86-49(100)29-81-56(106)35(9)83-58(108)38(18-20-45(72)96)85-48(99)28-71/h31-44,53-55H,11-30,71H2,1-10H3,(H2,72,96)(H2,73,97)(H2,74,98)(H,81,106)(H,82,115)(H,83,108)(H,84,111)(H,85,99)(H,86,100)(H,87,101)(H,88,109)(H,89,112)(H,90,110)(H,91,113)(H,92,116)(H,93,107)(H,94,114)(H,95,117)(H,102,103)(H,104,105)(H,118,119)(H4,75,76,79)(H4,77,78,80)/t32-,33-,34-,35-,36-,37-,38-,39-,40-,41-,42-,43-,44-,53-,54-,55-/m0/s1. The molecule has 119 heavy (non-hydrogen) atoms. The summed E-state index contributed by atoms with van der Waals surface area (Å²) in [7, 11) is 0. The Kier molecular flexibility index (Phi) is 49.2. The van der Waals surface area contributed by atoms with Gasteiger partial charge in [0.2, 0.25) is 106 Å². The van der Waals surface area contributed by atoms with Gasteiger partial charge in [0, 0.05) is 25.9 Å². The molecular formula is C70H121N25O24. The minimum Gasteiger partial charge on any atom is -0.481 e. The number of guanidine groups is 2. The summed E-state index contributed by atoms with van der Waals surface area (Å²) in [6.45, 7) is 12.8. The van der Waals surface area contributed by atoms with Gasteiger partial charge >= 0.3 is 17.9 Å². The summed E-state index contributed by atoms with van der Waals surface area (Å²) in [5.41, 5.74) is 42.8. The number of rotatable bonds is 59. The minimum atomic E-state index is -2.13. The summed E-state index contributed by atoms with van der Waals surface area (Å²) < 4.78 is 0. The molecule has 0 aliphatic heterocycles. The number of carboxylic acids is 3. The number of nitrogens with one attached hydrogen (secondary N) is 15. The summed E-state index contributed by atoms with van der Waals surface area (Å²) >= 11 is 0. The van der Waals surface area contributed by atoms with Gasteiger partial charge in [-0.3, -0.25) is 106 Å². The molecular weight excluding hydrogens is 1570 g/mol. The van der Waals surface area contributed by atoms with Gasteiger partial charge in [0.05, 0.1) is 38.9 Å². The Labute approximate surface area is 685 Å². The van der Waals surface area contributed by atoms with Crippen LogP contribution in [-0.2, 0) is 101 Å². The summed E-state index contributed by atoms with van der Waals surface area (Å²) in [4.78, 5) is 284. The van der Waals surface area contributed by atoms with Crippen molar-refractivity contribution in [1.29, 1.82) is 0 Å². The van der Waals surface area contributed by atoms with Crippen LogP contribution in [0.15, 0.2) is 9.98 Å². The molecule has 0 rings (SSSR count). The Morgan fingerprint density at radius 1 is 0.319 bits per heavy atom. The van der Waals surface area contributed by atoms with Gasteiger partial charge in [-0.2, -0.15) is 0 Å². The molecule has 0 saturated heterocycles. The van der Waals surface area contributed by atoms with Gasteiger partial charge in [0.25, 0.3) is 0 Å². The van der Waals surface area contributed by atoms with Gasteiger partial charge < -0.3 is 141 Å². The van der Waals surface area contributed by atoms with Crippen molar-refractivity contribution >= 4 is 136 Å². The number of carbonyl (C=O) groups is 21. The van der Waals surface area contributed by atoms with Crippen LogP contribution in [0.25, 0.3) is 0 Å². The first-order valence-electron chi connectivity index (χ1n) is 38.3. The van der Waals surface area contributed by atoms with Crippen LogP contribution in [0, 0.1) is 23.7 Å². The zero-order chi connectivity index (χ0) is 91.3. The van der Waals surface area contributed by atoms with E-state index in [1.54, 1.807) is 41.5 Å².